The van der Waals surface area contributed by atoms with Crippen molar-refractivity contribution in [2.24, 2.45) is 5.73 Å². The van der Waals surface area contributed by atoms with Gasteiger partial charge in [0.15, 0.2) is 0 Å². The zero-order valence-corrected chi connectivity index (χ0v) is 13.5. The number of nitrogens with two attached hydrogens (primary N) is 1. The summed E-state index contributed by atoms with van der Waals surface area (Å²) in [4.78, 5) is 0. The number of fused-ring (bicyclic) bond motifs is 1. The maximum Gasteiger partial charge on any atom is 0.137 e. The van der Waals surface area contributed by atoms with Crippen LogP contribution in [0.25, 0.3) is 0 Å². The van der Waals surface area contributed by atoms with Gasteiger partial charge in [0.05, 0.1) is 11.1 Å². The lowest BCUT2D eigenvalue weighted by Gasteiger charge is -2.16. The van der Waals surface area contributed by atoms with E-state index in [-0.39, 0.29) is 11.9 Å². The molecule has 1 heterocycles. The predicted molar refractivity (Wildman–Crippen MR) is 85.4 cm³/mol. The van der Waals surface area contributed by atoms with Crippen LogP contribution in [0.2, 0.25) is 5.02 Å². The second-order valence-corrected chi connectivity index (χ2v) is 6.33. The molecule has 0 amide bonds. The smallest absolute Gasteiger partial charge is 0.137 e. The zero-order valence-electron chi connectivity index (χ0n) is 11.2. The average Bonchev–Trinajstić information content (AvgIpc) is 2.90. The van der Waals surface area contributed by atoms with Crippen LogP contribution in [-0.2, 0) is 12.8 Å². The quantitative estimate of drug-likeness (QED) is 0.868. The molecule has 2 aromatic rings. The highest BCUT2D eigenvalue weighted by molar-refractivity contribution is 9.10. The summed E-state index contributed by atoms with van der Waals surface area (Å²) in [6.45, 7) is 0.668. The molecule has 0 saturated carbocycles. The van der Waals surface area contributed by atoms with Gasteiger partial charge in [-0.15, -0.1) is 0 Å². The van der Waals surface area contributed by atoms with E-state index in [0.29, 0.717) is 22.5 Å². The lowest BCUT2D eigenvalue weighted by atomic mass is 9.97. The van der Waals surface area contributed by atoms with Crippen molar-refractivity contribution in [3.05, 3.63) is 62.3 Å². The molecule has 0 saturated heterocycles. The maximum absolute atomic E-state index is 13.6. The first-order valence-corrected chi connectivity index (χ1v) is 7.87. The van der Waals surface area contributed by atoms with Crippen molar-refractivity contribution in [1.82, 2.24) is 0 Å². The van der Waals surface area contributed by atoms with Gasteiger partial charge in [0, 0.05) is 17.5 Å². The Morgan fingerprint density at radius 3 is 3.00 bits per heavy atom. The van der Waals surface area contributed by atoms with Crippen LogP contribution in [0.3, 0.4) is 0 Å². The Bertz CT molecular complexity index is 692. The maximum atomic E-state index is 13.6. The first kappa shape index (κ1) is 14.8. The summed E-state index contributed by atoms with van der Waals surface area (Å²) in [5.41, 5.74) is 9.07. The van der Waals surface area contributed by atoms with Gasteiger partial charge in [-0.05, 0) is 57.2 Å². The van der Waals surface area contributed by atoms with Crippen molar-refractivity contribution in [1.29, 1.82) is 0 Å². The molecule has 1 aliphatic heterocycles. The van der Waals surface area contributed by atoms with E-state index in [0.717, 1.165) is 28.9 Å². The second-order valence-electron chi connectivity index (χ2n) is 5.11. The Morgan fingerprint density at radius 2 is 2.19 bits per heavy atom. The molecule has 0 radical (unpaired) electrons. The molecule has 0 aromatic heterocycles. The fourth-order valence-electron chi connectivity index (χ4n) is 2.65. The molecule has 5 heteroatoms. The summed E-state index contributed by atoms with van der Waals surface area (Å²) < 4.78 is 19.7. The summed E-state index contributed by atoms with van der Waals surface area (Å²) in [7, 11) is 0. The fraction of sp³-hybridized carbons (Fsp3) is 0.250. The highest BCUT2D eigenvalue weighted by atomic mass is 79.9. The normalized spacial score (nSPS) is 14.7. The van der Waals surface area contributed by atoms with E-state index < -0.39 is 0 Å². The van der Waals surface area contributed by atoms with Gasteiger partial charge < -0.3 is 10.5 Å². The minimum atomic E-state index is -0.332. The van der Waals surface area contributed by atoms with Crippen molar-refractivity contribution in [2.75, 3.05) is 6.61 Å². The highest BCUT2D eigenvalue weighted by Gasteiger charge is 2.21. The first-order valence-electron chi connectivity index (χ1n) is 6.70. The number of hydrogen-bond acceptors (Lipinski definition) is 2. The largest absolute Gasteiger partial charge is 0.493 e. The van der Waals surface area contributed by atoms with Crippen molar-refractivity contribution in [3.63, 3.8) is 0 Å². The lowest BCUT2D eigenvalue weighted by molar-refractivity contribution is 0.352. The monoisotopic (exact) mass is 369 g/mol. The van der Waals surface area contributed by atoms with Crippen molar-refractivity contribution < 1.29 is 9.13 Å². The summed E-state index contributed by atoms with van der Waals surface area (Å²) in [6, 6.07) is 8.36. The summed E-state index contributed by atoms with van der Waals surface area (Å²) in [5, 5.41) is 0.680. The van der Waals surface area contributed by atoms with Gasteiger partial charge in [-0.2, -0.15) is 0 Å². The fourth-order valence-corrected chi connectivity index (χ4v) is 3.47. The van der Waals surface area contributed by atoms with Gasteiger partial charge in [-0.3, -0.25) is 0 Å². The van der Waals surface area contributed by atoms with Gasteiger partial charge in [-0.25, -0.2) is 4.39 Å². The Labute approximate surface area is 136 Å². The Hall–Kier alpha value is -1.10. The number of ether oxygens (including phenoxy) is 1. The Kier molecular flexibility index (Phi) is 4.20. The van der Waals surface area contributed by atoms with Crippen LogP contribution in [0.4, 0.5) is 4.39 Å². The highest BCUT2D eigenvalue weighted by Crippen LogP contribution is 2.36. The third-order valence-corrected chi connectivity index (χ3v) is 4.70. The van der Waals surface area contributed by atoms with Gasteiger partial charge in [-0.1, -0.05) is 23.7 Å². The van der Waals surface area contributed by atoms with E-state index in [1.54, 1.807) is 6.07 Å². The second kappa shape index (κ2) is 5.95. The van der Waals surface area contributed by atoms with Crippen molar-refractivity contribution in [2.45, 2.75) is 18.9 Å². The van der Waals surface area contributed by atoms with Gasteiger partial charge in [0.2, 0.25) is 0 Å². The molecule has 2 N–H and O–H groups in total. The van der Waals surface area contributed by atoms with Crippen molar-refractivity contribution in [3.8, 4) is 5.75 Å². The molecule has 1 unspecified atom stereocenters. The van der Waals surface area contributed by atoms with Crippen molar-refractivity contribution >= 4 is 27.5 Å². The van der Waals surface area contributed by atoms with Crippen LogP contribution in [0.15, 0.2) is 34.8 Å². The van der Waals surface area contributed by atoms with Gasteiger partial charge >= 0.3 is 0 Å². The topological polar surface area (TPSA) is 35.2 Å². The average molecular weight is 371 g/mol. The summed E-state index contributed by atoms with van der Waals surface area (Å²) in [6.07, 6.45) is 1.41. The molecule has 0 fully saturated rings. The zero-order chi connectivity index (χ0) is 15.0. The molecule has 3 rings (SSSR count). The Balaban J connectivity index is 1.92. The van der Waals surface area contributed by atoms with Gasteiger partial charge in [0.25, 0.3) is 0 Å². The third-order valence-electron chi connectivity index (χ3n) is 3.65. The molecule has 0 bridgehead atoms. The number of rotatable bonds is 3. The van der Waals surface area contributed by atoms with Crippen LogP contribution < -0.4 is 10.5 Å². The van der Waals surface area contributed by atoms with Crippen LogP contribution >= 0.6 is 27.5 Å². The minimum absolute atomic E-state index is 0.310. The van der Waals surface area contributed by atoms with Crippen LogP contribution in [0.5, 0.6) is 5.75 Å². The molecule has 0 aliphatic carbocycles. The molecule has 1 aliphatic rings. The van der Waals surface area contributed by atoms with E-state index in [4.69, 9.17) is 22.1 Å². The van der Waals surface area contributed by atoms with E-state index in [1.165, 1.54) is 6.07 Å². The van der Waals surface area contributed by atoms with E-state index in [2.05, 4.69) is 15.9 Å². The molecule has 2 aromatic carbocycles. The Morgan fingerprint density at radius 1 is 1.38 bits per heavy atom. The van der Waals surface area contributed by atoms with Crippen LogP contribution in [0, 0.1) is 5.82 Å². The molecule has 0 spiro atoms. The minimum Gasteiger partial charge on any atom is -0.493 e. The summed E-state index contributed by atoms with van der Waals surface area (Å²) >= 11 is 9.41. The SMILES string of the molecule is NC(Cc1cc(Cl)cc2c1OCC2)c1cccc(F)c1Br. The van der Waals surface area contributed by atoms with Gasteiger partial charge in [0.1, 0.15) is 11.6 Å². The first-order chi connectivity index (χ1) is 10.1. The van der Waals surface area contributed by atoms with Crippen LogP contribution in [-0.4, -0.2) is 6.61 Å². The van der Waals surface area contributed by atoms with E-state index in [1.807, 2.05) is 18.2 Å². The van der Waals surface area contributed by atoms with E-state index >= 15 is 0 Å². The third kappa shape index (κ3) is 2.93. The number of hydrogen-bond donors (Lipinski definition) is 1. The van der Waals surface area contributed by atoms with Crippen LogP contribution in [0.1, 0.15) is 22.7 Å². The molecule has 1 atom stereocenters. The standard InChI is InChI=1S/C16H14BrClFNO/c17-15-12(2-1-3-13(15)19)14(20)8-10-7-11(18)6-9-4-5-21-16(9)10/h1-3,6-7,14H,4-5,8,20H2. The molecule has 21 heavy (non-hydrogen) atoms. The lowest BCUT2D eigenvalue weighted by Crippen LogP contribution is -2.15. The predicted octanol–water partition coefficient (Wildman–Crippen LogP) is 4.42. The molecular formula is C16H14BrClFNO. The number of benzene rings is 2. The molecule has 110 valence electrons. The molecule has 2 nitrogen and oxygen atoms in total. The number of halogens is 3. The van der Waals surface area contributed by atoms with E-state index in [9.17, 15) is 4.39 Å². The summed E-state index contributed by atoms with van der Waals surface area (Å²) in [5.74, 6) is 0.567. The molecular weight excluding hydrogens is 357 g/mol.